The zero-order valence-corrected chi connectivity index (χ0v) is 17.7. The second kappa shape index (κ2) is 8.32. The zero-order valence-electron chi connectivity index (χ0n) is 17.7. The van der Waals surface area contributed by atoms with E-state index in [9.17, 15) is 15.0 Å². The summed E-state index contributed by atoms with van der Waals surface area (Å²) in [5, 5.41) is 20.7. The van der Waals surface area contributed by atoms with Crippen molar-refractivity contribution in [2.45, 2.75) is 33.8 Å². The van der Waals surface area contributed by atoms with Gasteiger partial charge in [-0.3, -0.25) is 0 Å². The van der Waals surface area contributed by atoms with E-state index in [4.69, 9.17) is 14.2 Å². The molecule has 160 valence electrons. The molecule has 0 bridgehead atoms. The first-order valence-corrected chi connectivity index (χ1v) is 10.1. The number of carbonyl (C=O) groups excluding carboxylic acids is 1. The first-order chi connectivity index (χ1) is 14.9. The summed E-state index contributed by atoms with van der Waals surface area (Å²) in [6.07, 6.45) is 0.721. The molecule has 0 spiro atoms. The molecule has 6 heteroatoms. The van der Waals surface area contributed by atoms with Gasteiger partial charge in [-0.1, -0.05) is 30.3 Å². The largest absolute Gasteiger partial charge is 0.508 e. The SMILES string of the molecule is Cc1cc(O)c(C)c2c1Oc1c(COCCc3ccccc3)c(O)cc(C)c1C(=O)O2. The molecule has 1 aliphatic rings. The molecule has 6 nitrogen and oxygen atoms in total. The average Bonchev–Trinajstić information content (AvgIpc) is 2.89. The molecule has 1 aliphatic heterocycles. The third kappa shape index (κ3) is 3.94. The summed E-state index contributed by atoms with van der Waals surface area (Å²) in [4.78, 5) is 12.9. The lowest BCUT2D eigenvalue weighted by molar-refractivity contribution is 0.0735. The van der Waals surface area contributed by atoms with Gasteiger partial charge in [0.05, 0.1) is 18.8 Å². The van der Waals surface area contributed by atoms with E-state index in [0.29, 0.717) is 34.6 Å². The highest BCUT2D eigenvalue weighted by Crippen LogP contribution is 2.48. The van der Waals surface area contributed by atoms with Crippen molar-refractivity contribution in [3.8, 4) is 28.7 Å². The van der Waals surface area contributed by atoms with Crippen LogP contribution < -0.4 is 9.47 Å². The highest BCUT2D eigenvalue weighted by Gasteiger charge is 2.31. The molecule has 4 rings (SSSR count). The monoisotopic (exact) mass is 420 g/mol. The number of fused-ring (bicyclic) bond motifs is 2. The molecule has 0 atom stereocenters. The third-order valence-electron chi connectivity index (χ3n) is 5.43. The van der Waals surface area contributed by atoms with E-state index in [1.165, 1.54) is 6.07 Å². The number of ether oxygens (including phenoxy) is 3. The molecule has 0 aliphatic carbocycles. The van der Waals surface area contributed by atoms with E-state index in [1.54, 1.807) is 26.8 Å². The summed E-state index contributed by atoms with van der Waals surface area (Å²) in [7, 11) is 0. The van der Waals surface area contributed by atoms with E-state index in [0.717, 1.165) is 12.0 Å². The molecular formula is C25H24O6. The van der Waals surface area contributed by atoms with Crippen LogP contribution in [0, 0.1) is 20.8 Å². The van der Waals surface area contributed by atoms with Gasteiger partial charge in [0.2, 0.25) is 0 Å². The van der Waals surface area contributed by atoms with Gasteiger partial charge in [-0.25, -0.2) is 4.79 Å². The molecule has 0 radical (unpaired) electrons. The Hall–Kier alpha value is -3.51. The molecule has 0 amide bonds. The van der Waals surface area contributed by atoms with Crippen molar-refractivity contribution in [1.82, 2.24) is 0 Å². The topological polar surface area (TPSA) is 85.2 Å². The Labute approximate surface area is 180 Å². The molecule has 0 saturated heterocycles. The number of esters is 1. The second-order valence-electron chi connectivity index (χ2n) is 7.67. The number of aryl methyl sites for hydroxylation is 2. The fourth-order valence-electron chi connectivity index (χ4n) is 3.67. The zero-order chi connectivity index (χ0) is 22.1. The number of rotatable bonds is 5. The summed E-state index contributed by atoms with van der Waals surface area (Å²) >= 11 is 0. The van der Waals surface area contributed by atoms with Crippen molar-refractivity contribution in [3.63, 3.8) is 0 Å². The number of phenolic OH excluding ortho intramolecular Hbond substituents is 2. The minimum atomic E-state index is -0.607. The Kier molecular flexibility index (Phi) is 5.57. The summed E-state index contributed by atoms with van der Waals surface area (Å²) in [6.45, 7) is 5.62. The molecular weight excluding hydrogens is 396 g/mol. The summed E-state index contributed by atoms with van der Waals surface area (Å²) < 4.78 is 17.6. The molecule has 0 saturated carbocycles. The summed E-state index contributed by atoms with van der Waals surface area (Å²) in [5.74, 6) is 0.119. The quantitative estimate of drug-likeness (QED) is 0.339. The van der Waals surface area contributed by atoms with Crippen LogP contribution >= 0.6 is 0 Å². The van der Waals surface area contributed by atoms with Crippen LogP contribution in [0.5, 0.6) is 28.7 Å². The molecule has 3 aromatic rings. The second-order valence-corrected chi connectivity index (χ2v) is 7.67. The van der Waals surface area contributed by atoms with E-state index < -0.39 is 5.97 Å². The van der Waals surface area contributed by atoms with Crippen molar-refractivity contribution in [3.05, 3.63) is 75.8 Å². The van der Waals surface area contributed by atoms with Gasteiger partial charge in [0.1, 0.15) is 17.1 Å². The van der Waals surface area contributed by atoms with Gasteiger partial charge in [0.15, 0.2) is 17.2 Å². The minimum Gasteiger partial charge on any atom is -0.508 e. The molecule has 3 aromatic carbocycles. The van der Waals surface area contributed by atoms with Gasteiger partial charge in [-0.15, -0.1) is 0 Å². The van der Waals surface area contributed by atoms with E-state index in [2.05, 4.69) is 0 Å². The molecule has 0 aromatic heterocycles. The van der Waals surface area contributed by atoms with E-state index >= 15 is 0 Å². The fourth-order valence-corrected chi connectivity index (χ4v) is 3.67. The van der Waals surface area contributed by atoms with E-state index in [1.807, 2.05) is 30.3 Å². The first-order valence-electron chi connectivity index (χ1n) is 10.1. The normalized spacial score (nSPS) is 12.4. The van der Waals surface area contributed by atoms with Crippen molar-refractivity contribution < 1.29 is 29.2 Å². The first kappa shape index (κ1) is 20.8. The Bertz CT molecular complexity index is 1150. The van der Waals surface area contributed by atoms with E-state index in [-0.39, 0.29) is 35.2 Å². The van der Waals surface area contributed by atoms with Crippen LogP contribution in [0.3, 0.4) is 0 Å². The molecule has 2 N–H and O–H groups in total. The number of phenols is 2. The highest BCUT2D eigenvalue weighted by molar-refractivity contribution is 5.98. The average molecular weight is 420 g/mol. The Morgan fingerprint density at radius 2 is 1.58 bits per heavy atom. The maximum Gasteiger partial charge on any atom is 0.347 e. The van der Waals surface area contributed by atoms with Crippen molar-refractivity contribution >= 4 is 5.97 Å². The summed E-state index contributed by atoms with van der Waals surface area (Å²) in [5.41, 5.74) is 3.30. The van der Waals surface area contributed by atoms with Crippen LogP contribution in [-0.2, 0) is 17.8 Å². The molecule has 1 heterocycles. The van der Waals surface area contributed by atoms with Gasteiger partial charge >= 0.3 is 5.97 Å². The summed E-state index contributed by atoms with van der Waals surface area (Å²) in [6, 6.07) is 13.0. The Morgan fingerprint density at radius 3 is 2.32 bits per heavy atom. The maximum absolute atomic E-state index is 12.9. The standard InChI is InChI=1S/C25H24O6/c1-14-11-20(27)18(13-29-10-9-17-7-5-4-6-8-17)24-21(14)25(28)31-23-16(3)19(26)12-15(2)22(23)30-24/h4-8,11-12,26-27H,9-10,13H2,1-3H3. The predicted molar refractivity (Wildman–Crippen MR) is 115 cm³/mol. The number of benzene rings is 3. The number of hydrogen-bond acceptors (Lipinski definition) is 6. The van der Waals surface area contributed by atoms with Crippen LogP contribution in [0.25, 0.3) is 0 Å². The highest BCUT2D eigenvalue weighted by atomic mass is 16.6. The number of aromatic hydroxyl groups is 2. The smallest absolute Gasteiger partial charge is 0.347 e. The van der Waals surface area contributed by atoms with Gasteiger partial charge < -0.3 is 24.4 Å². The molecule has 0 fully saturated rings. The minimum absolute atomic E-state index is 0.0136. The Balaban J connectivity index is 1.68. The van der Waals surface area contributed by atoms with Gasteiger partial charge in [0.25, 0.3) is 0 Å². The van der Waals surface area contributed by atoms with Gasteiger partial charge in [0, 0.05) is 5.56 Å². The predicted octanol–water partition coefficient (Wildman–Crippen LogP) is 5.11. The Morgan fingerprint density at radius 1 is 0.871 bits per heavy atom. The lowest BCUT2D eigenvalue weighted by Crippen LogP contribution is -2.11. The lowest BCUT2D eigenvalue weighted by atomic mass is 10.0. The van der Waals surface area contributed by atoms with Gasteiger partial charge in [-0.05, 0) is 56.0 Å². The lowest BCUT2D eigenvalue weighted by Gasteiger charge is -2.17. The molecule has 31 heavy (non-hydrogen) atoms. The van der Waals surface area contributed by atoms with Crippen LogP contribution in [0.2, 0.25) is 0 Å². The van der Waals surface area contributed by atoms with Crippen molar-refractivity contribution in [2.24, 2.45) is 0 Å². The number of carbonyl (C=O) groups is 1. The van der Waals surface area contributed by atoms with Crippen LogP contribution in [0.4, 0.5) is 0 Å². The third-order valence-corrected chi connectivity index (χ3v) is 5.43. The maximum atomic E-state index is 12.9. The molecule has 0 unspecified atom stereocenters. The van der Waals surface area contributed by atoms with Crippen molar-refractivity contribution in [1.29, 1.82) is 0 Å². The fraction of sp³-hybridized carbons (Fsp3) is 0.240. The number of hydrogen-bond donors (Lipinski definition) is 2. The van der Waals surface area contributed by atoms with Crippen molar-refractivity contribution in [2.75, 3.05) is 6.61 Å². The van der Waals surface area contributed by atoms with Gasteiger partial charge in [-0.2, -0.15) is 0 Å². The van der Waals surface area contributed by atoms with Crippen LogP contribution in [0.1, 0.15) is 38.2 Å². The van der Waals surface area contributed by atoms with Crippen LogP contribution in [-0.4, -0.2) is 22.8 Å². The van der Waals surface area contributed by atoms with Crippen LogP contribution in [0.15, 0.2) is 42.5 Å².